The lowest BCUT2D eigenvalue weighted by Crippen LogP contribution is -2.33. The summed E-state index contributed by atoms with van der Waals surface area (Å²) in [6.45, 7) is 0. The molecule has 18 heavy (non-hydrogen) atoms. The third-order valence-electron chi connectivity index (χ3n) is 2.17. The highest BCUT2D eigenvalue weighted by atomic mass is 32.2. The monoisotopic (exact) mass is 292 g/mol. The fourth-order valence-electron chi connectivity index (χ4n) is 1.01. The zero-order valence-corrected chi connectivity index (χ0v) is 10.1. The molecule has 10 heteroatoms. The third kappa shape index (κ3) is 6.77. The van der Waals surface area contributed by atoms with Crippen LogP contribution in [0.5, 0.6) is 0 Å². The molecule has 0 saturated carbocycles. The molecule has 0 spiro atoms. The molecule has 0 aromatic heterocycles. The van der Waals surface area contributed by atoms with Gasteiger partial charge in [-0.05, 0) is 12.8 Å². The molecule has 108 valence electrons. The Kier molecular flexibility index (Phi) is 6.04. The van der Waals surface area contributed by atoms with Gasteiger partial charge in [0.1, 0.15) is 6.04 Å². The number of hydrogen-bond donors (Lipinski definition) is 4. The Balaban J connectivity index is 4.22. The predicted molar refractivity (Wildman–Crippen MR) is 57.5 cm³/mol. The number of nitrogens with one attached hydrogen (secondary N) is 1. The van der Waals surface area contributed by atoms with Gasteiger partial charge in [-0.2, -0.15) is 13.2 Å². The number of carbonyl (C=O) groups is 1. The highest BCUT2D eigenvalue weighted by Crippen LogP contribution is 2.22. The summed E-state index contributed by atoms with van der Waals surface area (Å²) in [5, 5.41) is 17.1. The molecule has 0 heterocycles. The number of aliphatic hydroxyl groups excluding tert-OH is 1. The molecule has 0 rings (SSSR count). The standard InChI is InChI=1S/C8H15F3N2O4S/c9-8(10,11)6(14)2-4-18(13,17)3-1-5(12)7(15)16/h5-6,13-14H,1-4,12H2,(H,15,16)/t5-,6-,18+/m0/s1. The van der Waals surface area contributed by atoms with E-state index in [4.69, 9.17) is 20.7 Å². The van der Waals surface area contributed by atoms with E-state index in [0.717, 1.165) is 0 Å². The molecular formula is C8H15F3N2O4S. The zero-order chi connectivity index (χ0) is 14.6. The average molecular weight is 292 g/mol. The number of halogens is 3. The van der Waals surface area contributed by atoms with E-state index in [1.807, 2.05) is 0 Å². The van der Waals surface area contributed by atoms with E-state index in [2.05, 4.69) is 0 Å². The molecular weight excluding hydrogens is 277 g/mol. The number of rotatable bonds is 7. The summed E-state index contributed by atoms with van der Waals surface area (Å²) >= 11 is 0. The topological polar surface area (TPSA) is 124 Å². The predicted octanol–water partition coefficient (Wildman–Crippen LogP) is 0.148. The molecule has 0 saturated heterocycles. The van der Waals surface area contributed by atoms with Crippen molar-refractivity contribution in [2.75, 3.05) is 11.5 Å². The van der Waals surface area contributed by atoms with Gasteiger partial charge in [-0.1, -0.05) is 0 Å². The minimum atomic E-state index is -4.81. The molecule has 0 aliphatic heterocycles. The van der Waals surface area contributed by atoms with E-state index in [9.17, 15) is 22.2 Å². The molecule has 0 aliphatic rings. The second-order valence-electron chi connectivity index (χ2n) is 3.80. The minimum absolute atomic E-state index is 0.264. The third-order valence-corrected chi connectivity index (χ3v) is 3.96. The van der Waals surface area contributed by atoms with Crippen molar-refractivity contribution in [3.8, 4) is 0 Å². The quantitative estimate of drug-likeness (QED) is 0.531. The first-order chi connectivity index (χ1) is 7.96. The van der Waals surface area contributed by atoms with Crippen LogP contribution in [0.2, 0.25) is 0 Å². The number of aliphatic carboxylic acids is 1. The van der Waals surface area contributed by atoms with Crippen molar-refractivity contribution in [3.63, 3.8) is 0 Å². The van der Waals surface area contributed by atoms with Gasteiger partial charge in [-0.3, -0.25) is 9.57 Å². The summed E-state index contributed by atoms with van der Waals surface area (Å²) in [4.78, 5) is 10.3. The number of nitrogens with two attached hydrogens (primary N) is 1. The van der Waals surface area contributed by atoms with Gasteiger partial charge in [0, 0.05) is 21.2 Å². The molecule has 0 aromatic carbocycles. The van der Waals surface area contributed by atoms with Crippen LogP contribution in [-0.2, 0) is 14.5 Å². The van der Waals surface area contributed by atoms with Crippen LogP contribution in [0.1, 0.15) is 12.8 Å². The molecule has 6 nitrogen and oxygen atoms in total. The zero-order valence-electron chi connectivity index (χ0n) is 9.31. The largest absolute Gasteiger partial charge is 0.480 e. The van der Waals surface area contributed by atoms with E-state index >= 15 is 0 Å². The number of aliphatic hydroxyl groups is 1. The van der Waals surface area contributed by atoms with Crippen molar-refractivity contribution in [2.24, 2.45) is 5.73 Å². The van der Waals surface area contributed by atoms with Gasteiger partial charge in [-0.25, -0.2) is 4.21 Å². The second kappa shape index (κ2) is 6.34. The van der Waals surface area contributed by atoms with Crippen molar-refractivity contribution in [2.45, 2.75) is 31.2 Å². The van der Waals surface area contributed by atoms with Crippen LogP contribution < -0.4 is 5.73 Å². The first-order valence-electron chi connectivity index (χ1n) is 4.93. The maximum absolute atomic E-state index is 11.9. The maximum atomic E-state index is 11.9. The average Bonchev–Trinajstić information content (AvgIpc) is 2.21. The molecule has 0 amide bonds. The van der Waals surface area contributed by atoms with Gasteiger partial charge < -0.3 is 15.9 Å². The molecule has 3 atom stereocenters. The lowest BCUT2D eigenvalue weighted by Gasteiger charge is -2.15. The lowest BCUT2D eigenvalue weighted by atomic mass is 10.2. The van der Waals surface area contributed by atoms with Gasteiger partial charge in [0.2, 0.25) is 0 Å². The summed E-state index contributed by atoms with van der Waals surface area (Å²) in [7, 11) is -3.37. The Bertz CT molecular complexity index is 382. The molecule has 0 aromatic rings. The Morgan fingerprint density at radius 2 is 1.78 bits per heavy atom. The van der Waals surface area contributed by atoms with E-state index < -0.39 is 51.9 Å². The van der Waals surface area contributed by atoms with Gasteiger partial charge >= 0.3 is 12.1 Å². The Morgan fingerprint density at radius 1 is 1.33 bits per heavy atom. The lowest BCUT2D eigenvalue weighted by molar-refractivity contribution is -0.203. The van der Waals surface area contributed by atoms with Crippen LogP contribution in [0.3, 0.4) is 0 Å². The van der Waals surface area contributed by atoms with Crippen molar-refractivity contribution in [3.05, 3.63) is 0 Å². The number of carboxylic acid groups (broad SMARTS) is 1. The summed E-state index contributed by atoms with van der Waals surface area (Å²) in [6.07, 6.45) is -8.56. The number of hydrogen-bond acceptors (Lipinski definition) is 5. The summed E-state index contributed by atoms with van der Waals surface area (Å²) < 4.78 is 54.6. The van der Waals surface area contributed by atoms with Crippen molar-refractivity contribution in [1.29, 1.82) is 4.78 Å². The molecule has 0 bridgehead atoms. The smallest absolute Gasteiger partial charge is 0.414 e. The van der Waals surface area contributed by atoms with Gasteiger partial charge in [-0.15, -0.1) is 0 Å². The Morgan fingerprint density at radius 3 is 2.17 bits per heavy atom. The highest BCUT2D eigenvalue weighted by molar-refractivity contribution is 7.92. The van der Waals surface area contributed by atoms with Crippen LogP contribution in [0.25, 0.3) is 0 Å². The molecule has 0 radical (unpaired) electrons. The van der Waals surface area contributed by atoms with E-state index in [-0.39, 0.29) is 6.42 Å². The van der Waals surface area contributed by atoms with Crippen LogP contribution in [0.4, 0.5) is 13.2 Å². The van der Waals surface area contributed by atoms with Gasteiger partial charge in [0.25, 0.3) is 0 Å². The molecule has 0 unspecified atom stereocenters. The maximum Gasteiger partial charge on any atom is 0.414 e. The van der Waals surface area contributed by atoms with Crippen LogP contribution in [0.15, 0.2) is 0 Å². The minimum Gasteiger partial charge on any atom is -0.480 e. The first-order valence-corrected chi connectivity index (χ1v) is 6.82. The fraction of sp³-hybridized carbons (Fsp3) is 0.875. The van der Waals surface area contributed by atoms with Crippen molar-refractivity contribution in [1.82, 2.24) is 0 Å². The van der Waals surface area contributed by atoms with Crippen LogP contribution in [0, 0.1) is 4.78 Å². The number of carboxylic acids is 1. The Labute approximate surface area is 102 Å². The molecule has 0 aliphatic carbocycles. The van der Waals surface area contributed by atoms with E-state index in [1.165, 1.54) is 0 Å². The summed E-state index contributed by atoms with van der Waals surface area (Å²) in [6, 6.07) is -1.30. The van der Waals surface area contributed by atoms with Gasteiger partial charge in [0.05, 0.1) is 0 Å². The van der Waals surface area contributed by atoms with Gasteiger partial charge in [0.15, 0.2) is 6.10 Å². The summed E-state index contributed by atoms with van der Waals surface area (Å²) in [5.41, 5.74) is 5.11. The normalized spacial score (nSPS) is 18.9. The number of alkyl halides is 3. The SMILES string of the molecule is N=[S@@](=O)(CC[C@H](N)C(=O)O)CC[C@H](O)C(F)(F)F. The first kappa shape index (κ1) is 17.1. The van der Waals surface area contributed by atoms with Crippen LogP contribution >= 0.6 is 0 Å². The van der Waals surface area contributed by atoms with Crippen molar-refractivity contribution < 1.29 is 32.4 Å². The molecule has 5 N–H and O–H groups in total. The molecule has 0 fully saturated rings. The van der Waals surface area contributed by atoms with E-state index in [1.54, 1.807) is 0 Å². The Hall–Kier alpha value is -0.870. The second-order valence-corrected chi connectivity index (χ2v) is 6.24. The highest BCUT2D eigenvalue weighted by Gasteiger charge is 2.38. The fourth-order valence-corrected chi connectivity index (χ4v) is 2.45. The summed E-state index contributed by atoms with van der Waals surface area (Å²) in [5.74, 6) is -2.40. The van der Waals surface area contributed by atoms with E-state index in [0.29, 0.717) is 0 Å². The van der Waals surface area contributed by atoms with Crippen molar-refractivity contribution >= 4 is 15.7 Å². The van der Waals surface area contributed by atoms with Crippen LogP contribution in [-0.4, -0.2) is 50.2 Å².